The van der Waals surface area contributed by atoms with Crippen LogP contribution in [-0.4, -0.2) is 50.7 Å². The Morgan fingerprint density at radius 2 is 1.46 bits per heavy atom. The maximum Gasteiger partial charge on any atom is 0.293 e. The summed E-state index contributed by atoms with van der Waals surface area (Å²) in [4.78, 5) is 17.6. The molecule has 0 aliphatic carbocycles. The van der Waals surface area contributed by atoms with Crippen LogP contribution in [-0.2, 0) is 15.1 Å². The summed E-state index contributed by atoms with van der Waals surface area (Å²) >= 11 is 0. The van der Waals surface area contributed by atoms with Gasteiger partial charge in [-0.25, -0.2) is 4.99 Å². The van der Waals surface area contributed by atoms with Gasteiger partial charge >= 0.3 is 0 Å². The largest absolute Gasteiger partial charge is 1.00 e. The minimum Gasteiger partial charge on any atom is -1.00 e. The number of ether oxygens (including phenoxy) is 1. The molecule has 2 aromatic carbocycles. The monoisotopic (exact) mass is 465 g/mol. The van der Waals surface area contributed by atoms with Crippen molar-refractivity contribution in [2.45, 2.75) is 5.54 Å². The number of rotatable bonds is 5. The number of hydrogen-bond acceptors (Lipinski definition) is 3. The molecule has 0 saturated heterocycles. The first-order valence-corrected chi connectivity index (χ1v) is 8.37. The maximum absolute atomic E-state index is 13.0. The second-order valence-electron chi connectivity index (χ2n) is 7.18. The second kappa shape index (κ2) is 8.18. The van der Waals surface area contributed by atoms with E-state index in [1.165, 1.54) is 0 Å². The molecule has 138 valence electrons. The molecule has 3 rings (SSSR count). The van der Waals surface area contributed by atoms with Crippen LogP contribution in [0.5, 0.6) is 0 Å². The molecule has 1 aliphatic rings. The predicted octanol–water partition coefficient (Wildman–Crippen LogP) is -0.857. The van der Waals surface area contributed by atoms with E-state index in [0.717, 1.165) is 22.2 Å². The zero-order valence-corrected chi connectivity index (χ0v) is 17.4. The van der Waals surface area contributed by atoms with Crippen LogP contribution in [0.3, 0.4) is 0 Å². The zero-order valence-electron chi connectivity index (χ0n) is 15.3. The van der Waals surface area contributed by atoms with E-state index >= 15 is 0 Å². The van der Waals surface area contributed by atoms with Gasteiger partial charge in [0.25, 0.3) is 11.9 Å². The van der Waals surface area contributed by atoms with Crippen molar-refractivity contribution in [3.63, 3.8) is 0 Å². The second-order valence-corrected chi connectivity index (χ2v) is 7.18. The number of likely N-dealkylation sites (N-methyl/N-ethyl adjacent to an activating group) is 1. The molecule has 1 aliphatic heterocycles. The van der Waals surface area contributed by atoms with E-state index in [2.05, 4.69) is 31.5 Å². The fourth-order valence-electron chi connectivity index (χ4n) is 2.82. The van der Waals surface area contributed by atoms with Crippen LogP contribution in [0.25, 0.3) is 0 Å². The van der Waals surface area contributed by atoms with Gasteiger partial charge in [0.2, 0.25) is 0 Å². The topological polar surface area (TPSA) is 50.7 Å². The normalized spacial score (nSPS) is 15.7. The van der Waals surface area contributed by atoms with Crippen LogP contribution >= 0.6 is 0 Å². The smallest absolute Gasteiger partial charge is 0.293 e. The summed E-state index contributed by atoms with van der Waals surface area (Å²) in [5, 5.41) is 2.81. The number of carbonyl (C=O) groups is 1. The molecule has 0 aromatic heterocycles. The van der Waals surface area contributed by atoms with E-state index in [0.29, 0.717) is 6.61 Å². The van der Waals surface area contributed by atoms with Gasteiger partial charge in [-0.3, -0.25) is 10.1 Å². The molecule has 0 fully saturated rings. The molecule has 1 N–H and O–H groups in total. The van der Waals surface area contributed by atoms with Crippen LogP contribution in [0.15, 0.2) is 65.7 Å². The van der Waals surface area contributed by atoms with E-state index < -0.39 is 5.54 Å². The molecular formula is C20H24IN3O2. The van der Waals surface area contributed by atoms with E-state index in [-0.39, 0.29) is 35.9 Å². The first-order valence-electron chi connectivity index (χ1n) is 8.37. The molecule has 0 unspecified atom stereocenters. The fraction of sp³-hybridized carbons (Fsp3) is 0.300. The lowest BCUT2D eigenvalue weighted by Gasteiger charge is -2.24. The number of nitrogens with zero attached hydrogens (tertiary/aromatic N) is 2. The predicted molar refractivity (Wildman–Crippen MR) is 98.1 cm³/mol. The highest BCUT2D eigenvalue weighted by atomic mass is 127. The van der Waals surface area contributed by atoms with Gasteiger partial charge in [0.1, 0.15) is 13.2 Å². The molecule has 0 saturated carbocycles. The van der Waals surface area contributed by atoms with Crippen molar-refractivity contribution < 1.29 is 38.0 Å². The Kier molecular flexibility index (Phi) is 6.41. The molecule has 0 spiro atoms. The average molecular weight is 465 g/mol. The van der Waals surface area contributed by atoms with Crippen molar-refractivity contribution in [3.8, 4) is 0 Å². The molecular weight excluding hydrogens is 441 g/mol. The van der Waals surface area contributed by atoms with Crippen molar-refractivity contribution in [1.29, 1.82) is 0 Å². The molecule has 1 heterocycles. The molecule has 26 heavy (non-hydrogen) atoms. The van der Waals surface area contributed by atoms with Gasteiger partial charge in [-0.05, 0) is 11.1 Å². The van der Waals surface area contributed by atoms with E-state index in [9.17, 15) is 4.79 Å². The first-order chi connectivity index (χ1) is 11.9. The molecule has 0 bridgehead atoms. The fourth-order valence-corrected chi connectivity index (χ4v) is 2.82. The van der Waals surface area contributed by atoms with E-state index in [1.54, 1.807) is 0 Å². The quantitative estimate of drug-likeness (QED) is 0.462. The number of aliphatic imine (C=N–C) groups is 1. The number of quaternary nitrogens is 1. The minimum absolute atomic E-state index is 0. The van der Waals surface area contributed by atoms with Crippen molar-refractivity contribution in [2.24, 2.45) is 4.99 Å². The summed E-state index contributed by atoms with van der Waals surface area (Å²) in [7, 11) is 6.28. The SMILES string of the molecule is C[N+](C)(C)CCOC1=NC(c2ccccc2)(c2ccccc2)C(=O)N1.[I-]. The lowest BCUT2D eigenvalue weighted by Crippen LogP contribution is -3.00. The third kappa shape index (κ3) is 4.24. The highest BCUT2D eigenvalue weighted by molar-refractivity contribution is 6.07. The van der Waals surface area contributed by atoms with Gasteiger partial charge < -0.3 is 33.2 Å². The Balaban J connectivity index is 0.00000243. The summed E-state index contributed by atoms with van der Waals surface area (Å²) < 4.78 is 6.53. The lowest BCUT2D eigenvalue weighted by atomic mass is 9.83. The number of nitrogens with one attached hydrogen (secondary N) is 1. The summed E-state index contributed by atoms with van der Waals surface area (Å²) in [6, 6.07) is 19.5. The molecule has 6 heteroatoms. The van der Waals surface area contributed by atoms with Gasteiger partial charge in [0, 0.05) is 0 Å². The van der Waals surface area contributed by atoms with Crippen molar-refractivity contribution in [3.05, 3.63) is 71.8 Å². The van der Waals surface area contributed by atoms with Crippen LogP contribution in [0.2, 0.25) is 0 Å². The van der Waals surface area contributed by atoms with Gasteiger partial charge in [0.15, 0.2) is 5.54 Å². The van der Waals surface area contributed by atoms with Gasteiger partial charge in [-0.2, -0.15) is 0 Å². The summed E-state index contributed by atoms with van der Waals surface area (Å²) in [6.45, 7) is 1.31. The third-order valence-electron chi connectivity index (χ3n) is 4.20. The molecule has 1 amide bonds. The van der Waals surface area contributed by atoms with Crippen LogP contribution in [0.4, 0.5) is 0 Å². The number of amides is 1. The third-order valence-corrected chi connectivity index (χ3v) is 4.20. The number of carbonyl (C=O) groups excluding carboxylic acids is 1. The standard InChI is InChI=1S/C20H23N3O2.HI/c1-23(2,3)14-15-25-19-21-18(24)20(22-19,16-10-6-4-7-11-16)17-12-8-5-9-13-17;/h4-13H,14-15H2,1-3H3;1H. The molecule has 2 aromatic rings. The van der Waals surface area contributed by atoms with Crippen LogP contribution in [0.1, 0.15) is 11.1 Å². The minimum atomic E-state index is -1.10. The van der Waals surface area contributed by atoms with E-state index in [4.69, 9.17) is 4.74 Å². The number of amidine groups is 1. The van der Waals surface area contributed by atoms with Gasteiger partial charge in [0.05, 0.1) is 21.1 Å². The highest BCUT2D eigenvalue weighted by Crippen LogP contribution is 2.36. The van der Waals surface area contributed by atoms with Crippen molar-refractivity contribution in [1.82, 2.24) is 5.32 Å². The Labute approximate surface area is 171 Å². The van der Waals surface area contributed by atoms with Crippen LogP contribution in [0, 0.1) is 0 Å². The van der Waals surface area contributed by atoms with Gasteiger partial charge in [-0.1, -0.05) is 60.7 Å². The van der Waals surface area contributed by atoms with Crippen molar-refractivity contribution >= 4 is 11.9 Å². The number of benzene rings is 2. The maximum atomic E-state index is 13.0. The summed E-state index contributed by atoms with van der Waals surface area (Å²) in [6.07, 6.45) is 0. The summed E-state index contributed by atoms with van der Waals surface area (Å²) in [5.41, 5.74) is 0.543. The number of halogens is 1. The number of hydrogen-bond donors (Lipinski definition) is 1. The highest BCUT2D eigenvalue weighted by Gasteiger charge is 2.47. The van der Waals surface area contributed by atoms with Gasteiger partial charge in [-0.15, -0.1) is 0 Å². The van der Waals surface area contributed by atoms with Crippen LogP contribution < -0.4 is 29.3 Å². The molecule has 0 radical (unpaired) electrons. The lowest BCUT2D eigenvalue weighted by molar-refractivity contribution is -0.870. The first kappa shape index (κ1) is 20.4. The van der Waals surface area contributed by atoms with Crippen molar-refractivity contribution in [2.75, 3.05) is 34.3 Å². The Morgan fingerprint density at radius 3 is 1.92 bits per heavy atom. The Bertz CT molecular complexity index is 731. The Hall–Kier alpha value is -1.93. The molecule has 5 nitrogen and oxygen atoms in total. The average Bonchev–Trinajstić information content (AvgIpc) is 2.93. The Morgan fingerprint density at radius 1 is 0.962 bits per heavy atom. The van der Waals surface area contributed by atoms with E-state index in [1.807, 2.05) is 60.7 Å². The molecule has 0 atom stereocenters. The zero-order chi connectivity index (χ0) is 17.9. The summed E-state index contributed by atoms with van der Waals surface area (Å²) in [5.74, 6) is -0.190.